The first kappa shape index (κ1) is 12.6. The van der Waals surface area contributed by atoms with Crippen molar-refractivity contribution < 1.29 is 5.11 Å². The lowest BCUT2D eigenvalue weighted by molar-refractivity contribution is -0.0865. The van der Waals surface area contributed by atoms with E-state index in [2.05, 4.69) is 5.32 Å². The Kier molecular flexibility index (Phi) is 3.35. The van der Waals surface area contributed by atoms with Crippen LogP contribution >= 0.6 is 0 Å². The summed E-state index contributed by atoms with van der Waals surface area (Å²) in [7, 11) is 0. The third-order valence-corrected chi connectivity index (χ3v) is 6.99. The van der Waals surface area contributed by atoms with Gasteiger partial charge in [-0.3, -0.25) is 0 Å². The van der Waals surface area contributed by atoms with Crippen LogP contribution in [-0.4, -0.2) is 24.8 Å². The number of rotatable bonds is 3. The Bertz CT molecular complexity index is 295. The van der Waals surface area contributed by atoms with Crippen LogP contribution in [-0.2, 0) is 0 Å². The molecule has 4 bridgehead atoms. The molecule has 19 heavy (non-hydrogen) atoms. The van der Waals surface area contributed by atoms with Gasteiger partial charge in [0.1, 0.15) is 0 Å². The molecule has 0 aromatic carbocycles. The predicted molar refractivity (Wildman–Crippen MR) is 76.7 cm³/mol. The molecule has 5 fully saturated rings. The Labute approximate surface area is 117 Å². The lowest BCUT2D eigenvalue weighted by atomic mass is 9.48. The Morgan fingerprint density at radius 1 is 0.895 bits per heavy atom. The van der Waals surface area contributed by atoms with Crippen molar-refractivity contribution in [1.82, 2.24) is 5.32 Å². The summed E-state index contributed by atoms with van der Waals surface area (Å²) in [5.41, 5.74) is 0. The van der Waals surface area contributed by atoms with Crippen molar-refractivity contribution in [2.75, 3.05) is 19.7 Å². The Morgan fingerprint density at radius 2 is 1.47 bits per heavy atom. The molecule has 1 heterocycles. The molecule has 4 saturated carbocycles. The van der Waals surface area contributed by atoms with E-state index in [1.165, 1.54) is 58.0 Å². The van der Waals surface area contributed by atoms with E-state index in [0.717, 1.165) is 35.5 Å². The zero-order valence-electron chi connectivity index (χ0n) is 12.1. The third kappa shape index (κ3) is 2.15. The minimum absolute atomic E-state index is 0.456. The van der Waals surface area contributed by atoms with Gasteiger partial charge in [0.05, 0.1) is 0 Å². The SMILES string of the molecule is OCC(C1CCNCC1)C1C2CC3CC(C2)CC1C3. The second-order valence-corrected chi connectivity index (χ2v) is 7.94. The first-order valence-electron chi connectivity index (χ1n) is 8.66. The van der Waals surface area contributed by atoms with Gasteiger partial charge in [-0.05, 0) is 99.5 Å². The van der Waals surface area contributed by atoms with Crippen LogP contribution in [0.15, 0.2) is 0 Å². The summed E-state index contributed by atoms with van der Waals surface area (Å²) in [6.45, 7) is 2.81. The Balaban J connectivity index is 1.53. The van der Waals surface area contributed by atoms with Crippen LogP contribution in [0.1, 0.15) is 44.9 Å². The molecule has 0 aromatic heterocycles. The molecule has 1 atom stereocenters. The number of hydrogen-bond acceptors (Lipinski definition) is 2. The first-order chi connectivity index (χ1) is 9.35. The average Bonchev–Trinajstić information content (AvgIpc) is 2.43. The van der Waals surface area contributed by atoms with Crippen molar-refractivity contribution >= 4 is 0 Å². The monoisotopic (exact) mass is 263 g/mol. The van der Waals surface area contributed by atoms with E-state index in [0.29, 0.717) is 12.5 Å². The van der Waals surface area contributed by atoms with Crippen molar-refractivity contribution in [3.63, 3.8) is 0 Å². The van der Waals surface area contributed by atoms with Gasteiger partial charge in [-0.25, -0.2) is 0 Å². The van der Waals surface area contributed by atoms with Crippen LogP contribution in [0.4, 0.5) is 0 Å². The summed E-state index contributed by atoms with van der Waals surface area (Å²) in [5.74, 6) is 6.37. The molecule has 0 amide bonds. The molecule has 2 nitrogen and oxygen atoms in total. The molecule has 5 rings (SSSR count). The van der Waals surface area contributed by atoms with E-state index in [4.69, 9.17) is 0 Å². The molecule has 0 radical (unpaired) electrons. The fraction of sp³-hybridized carbons (Fsp3) is 1.00. The average molecular weight is 263 g/mol. The molecule has 2 heteroatoms. The highest BCUT2D eigenvalue weighted by Crippen LogP contribution is 2.59. The summed E-state index contributed by atoms with van der Waals surface area (Å²) in [6.07, 6.45) is 10.1. The maximum absolute atomic E-state index is 10.0. The van der Waals surface area contributed by atoms with Gasteiger partial charge in [0, 0.05) is 6.61 Å². The van der Waals surface area contributed by atoms with E-state index in [1.54, 1.807) is 0 Å². The zero-order chi connectivity index (χ0) is 12.8. The van der Waals surface area contributed by atoms with Gasteiger partial charge in [0.2, 0.25) is 0 Å². The molecular weight excluding hydrogens is 234 g/mol. The zero-order valence-corrected chi connectivity index (χ0v) is 12.1. The number of aliphatic hydroxyl groups is 1. The van der Waals surface area contributed by atoms with Gasteiger partial charge in [-0.15, -0.1) is 0 Å². The van der Waals surface area contributed by atoms with Crippen molar-refractivity contribution in [3.8, 4) is 0 Å². The van der Waals surface area contributed by atoms with E-state index in [9.17, 15) is 5.11 Å². The molecule has 0 spiro atoms. The van der Waals surface area contributed by atoms with E-state index >= 15 is 0 Å². The highest BCUT2D eigenvalue weighted by molar-refractivity contribution is 5.01. The van der Waals surface area contributed by atoms with E-state index in [-0.39, 0.29) is 0 Å². The van der Waals surface area contributed by atoms with Crippen molar-refractivity contribution in [3.05, 3.63) is 0 Å². The molecule has 5 aliphatic rings. The van der Waals surface area contributed by atoms with Crippen LogP contribution in [0.3, 0.4) is 0 Å². The summed E-state index contributed by atoms with van der Waals surface area (Å²) in [4.78, 5) is 0. The molecule has 108 valence electrons. The molecule has 1 aliphatic heterocycles. The molecular formula is C17H29NO. The fourth-order valence-corrected chi connectivity index (χ4v) is 6.52. The van der Waals surface area contributed by atoms with Crippen LogP contribution < -0.4 is 5.32 Å². The van der Waals surface area contributed by atoms with Gasteiger partial charge in [-0.2, -0.15) is 0 Å². The number of piperidine rings is 1. The van der Waals surface area contributed by atoms with Gasteiger partial charge < -0.3 is 10.4 Å². The second kappa shape index (κ2) is 5.04. The molecule has 2 N–H and O–H groups in total. The second-order valence-electron chi connectivity index (χ2n) is 7.94. The number of hydrogen-bond donors (Lipinski definition) is 2. The van der Waals surface area contributed by atoms with Crippen molar-refractivity contribution in [1.29, 1.82) is 0 Å². The lowest BCUT2D eigenvalue weighted by Gasteiger charge is -2.57. The smallest absolute Gasteiger partial charge is 0.0464 e. The van der Waals surface area contributed by atoms with Gasteiger partial charge in [0.15, 0.2) is 0 Å². The van der Waals surface area contributed by atoms with Gasteiger partial charge in [-0.1, -0.05) is 0 Å². The Hall–Kier alpha value is -0.0800. The number of nitrogens with one attached hydrogen (secondary N) is 1. The molecule has 4 aliphatic carbocycles. The number of aliphatic hydroxyl groups excluding tert-OH is 1. The largest absolute Gasteiger partial charge is 0.396 e. The normalized spacial score (nSPS) is 47.5. The van der Waals surface area contributed by atoms with Crippen LogP contribution in [0.25, 0.3) is 0 Å². The third-order valence-electron chi connectivity index (χ3n) is 6.99. The molecule has 1 unspecified atom stereocenters. The van der Waals surface area contributed by atoms with E-state index < -0.39 is 0 Å². The standard InChI is InChI=1S/C17H29NO/c19-10-16(13-1-3-18-4-2-13)17-14-6-11-5-12(8-14)9-15(17)7-11/h11-19H,1-10H2. The predicted octanol–water partition coefficient (Wildman–Crippen LogP) is 2.67. The van der Waals surface area contributed by atoms with Gasteiger partial charge >= 0.3 is 0 Å². The van der Waals surface area contributed by atoms with Crippen molar-refractivity contribution in [2.24, 2.45) is 41.4 Å². The summed E-state index contributed by atoms with van der Waals surface area (Å²) >= 11 is 0. The fourth-order valence-electron chi connectivity index (χ4n) is 6.52. The highest BCUT2D eigenvalue weighted by atomic mass is 16.3. The minimum Gasteiger partial charge on any atom is -0.396 e. The quantitative estimate of drug-likeness (QED) is 0.820. The summed E-state index contributed by atoms with van der Waals surface area (Å²) in [6, 6.07) is 0. The van der Waals surface area contributed by atoms with E-state index in [1.807, 2.05) is 0 Å². The van der Waals surface area contributed by atoms with Gasteiger partial charge in [0.25, 0.3) is 0 Å². The summed E-state index contributed by atoms with van der Waals surface area (Å²) in [5, 5.41) is 13.5. The highest BCUT2D eigenvalue weighted by Gasteiger charge is 2.51. The minimum atomic E-state index is 0.456. The van der Waals surface area contributed by atoms with Crippen LogP contribution in [0.2, 0.25) is 0 Å². The lowest BCUT2D eigenvalue weighted by Crippen LogP contribution is -2.50. The molecule has 0 aromatic rings. The topological polar surface area (TPSA) is 32.3 Å². The van der Waals surface area contributed by atoms with Crippen LogP contribution in [0, 0.1) is 41.4 Å². The van der Waals surface area contributed by atoms with Crippen molar-refractivity contribution in [2.45, 2.75) is 44.9 Å². The first-order valence-corrected chi connectivity index (χ1v) is 8.66. The summed E-state index contributed by atoms with van der Waals surface area (Å²) < 4.78 is 0. The molecule has 1 saturated heterocycles. The Morgan fingerprint density at radius 3 is 2.00 bits per heavy atom. The van der Waals surface area contributed by atoms with Crippen LogP contribution in [0.5, 0.6) is 0 Å². The maximum Gasteiger partial charge on any atom is 0.0464 e. The maximum atomic E-state index is 10.0.